The number of para-hydroxylation sites is 1. The first-order valence-electron chi connectivity index (χ1n) is 9.51. The Balaban J connectivity index is 1.47. The Bertz CT molecular complexity index is 1040. The molecule has 1 atom stereocenters. The summed E-state index contributed by atoms with van der Waals surface area (Å²) in [6.45, 7) is 1.27. The number of aromatic nitrogens is 2. The molecule has 2 aromatic carbocycles. The number of nitrogens with zero attached hydrogens (tertiary/aromatic N) is 2. The lowest BCUT2D eigenvalue weighted by Gasteiger charge is -2.12. The molecule has 1 aliphatic heterocycles. The minimum absolute atomic E-state index is 0.122. The van der Waals surface area contributed by atoms with Crippen LogP contribution in [-0.4, -0.2) is 35.0 Å². The highest BCUT2D eigenvalue weighted by atomic mass is 16.5. The Morgan fingerprint density at radius 2 is 2.00 bits per heavy atom. The molecule has 0 unspecified atom stereocenters. The zero-order valence-corrected chi connectivity index (χ0v) is 15.8. The van der Waals surface area contributed by atoms with Gasteiger partial charge in [-0.1, -0.05) is 24.3 Å². The molecule has 0 saturated carbocycles. The Hall–Kier alpha value is -3.45. The van der Waals surface area contributed by atoms with Crippen LogP contribution in [0, 0.1) is 0 Å². The van der Waals surface area contributed by atoms with E-state index in [1.165, 1.54) is 16.8 Å². The van der Waals surface area contributed by atoms with Crippen LogP contribution in [0.15, 0.2) is 71.5 Å². The topological polar surface area (TPSA) is 82.5 Å². The molecule has 7 heteroatoms. The van der Waals surface area contributed by atoms with E-state index in [-0.39, 0.29) is 17.4 Å². The molecule has 1 N–H and O–H groups in total. The number of carbonyl (C=O) groups excluding carboxylic acids is 1. The van der Waals surface area contributed by atoms with E-state index in [2.05, 4.69) is 10.4 Å². The van der Waals surface area contributed by atoms with Crippen molar-refractivity contribution < 1.29 is 14.3 Å². The number of hydrogen-bond donors (Lipinski definition) is 1. The van der Waals surface area contributed by atoms with Crippen molar-refractivity contribution in [3.05, 3.63) is 82.8 Å². The molecule has 148 valence electrons. The van der Waals surface area contributed by atoms with Gasteiger partial charge in [-0.05, 0) is 43.2 Å². The number of nitrogens with one attached hydrogen (secondary N) is 1. The van der Waals surface area contributed by atoms with Crippen molar-refractivity contribution in [3.63, 3.8) is 0 Å². The smallest absolute Gasteiger partial charge is 0.276 e. The molecular weight excluding hydrogens is 370 g/mol. The third-order valence-corrected chi connectivity index (χ3v) is 4.59. The Labute approximate surface area is 167 Å². The predicted molar refractivity (Wildman–Crippen MR) is 109 cm³/mol. The number of rotatable bonds is 6. The van der Waals surface area contributed by atoms with E-state index < -0.39 is 5.91 Å². The summed E-state index contributed by atoms with van der Waals surface area (Å²) in [4.78, 5) is 24.8. The minimum atomic E-state index is -0.411. The van der Waals surface area contributed by atoms with Crippen LogP contribution in [-0.2, 0) is 4.74 Å². The molecule has 7 nitrogen and oxygen atoms in total. The summed E-state index contributed by atoms with van der Waals surface area (Å²) in [6, 6.07) is 18.9. The van der Waals surface area contributed by atoms with Gasteiger partial charge in [0.2, 0.25) is 0 Å². The van der Waals surface area contributed by atoms with Gasteiger partial charge in [-0.2, -0.15) is 9.78 Å². The lowest BCUT2D eigenvalue weighted by Crippen LogP contribution is -2.24. The van der Waals surface area contributed by atoms with Gasteiger partial charge in [0.05, 0.1) is 11.8 Å². The van der Waals surface area contributed by atoms with E-state index in [1.54, 1.807) is 42.5 Å². The maximum Gasteiger partial charge on any atom is 0.276 e. The first-order valence-corrected chi connectivity index (χ1v) is 9.51. The molecule has 1 amide bonds. The average molecular weight is 391 g/mol. The highest BCUT2D eigenvalue weighted by Crippen LogP contribution is 2.20. The van der Waals surface area contributed by atoms with E-state index >= 15 is 0 Å². The molecule has 1 aliphatic rings. The fourth-order valence-electron chi connectivity index (χ4n) is 3.11. The van der Waals surface area contributed by atoms with Crippen LogP contribution in [0.3, 0.4) is 0 Å². The van der Waals surface area contributed by atoms with Crippen LogP contribution in [0.4, 0.5) is 5.69 Å². The number of amides is 1. The van der Waals surface area contributed by atoms with Gasteiger partial charge in [0.15, 0.2) is 0 Å². The van der Waals surface area contributed by atoms with Crippen LogP contribution >= 0.6 is 0 Å². The Morgan fingerprint density at radius 3 is 2.79 bits per heavy atom. The third-order valence-electron chi connectivity index (χ3n) is 4.59. The molecule has 0 radical (unpaired) electrons. The Kier molecular flexibility index (Phi) is 5.67. The SMILES string of the molecule is O=C(Nc1cccc(OC[C@@H]2CCCO2)c1)c1ccc(=O)n(-c2ccccc2)n1. The molecule has 3 aromatic rings. The zero-order valence-electron chi connectivity index (χ0n) is 15.8. The number of ether oxygens (including phenoxy) is 2. The van der Waals surface area contributed by atoms with Crippen molar-refractivity contribution in [2.75, 3.05) is 18.5 Å². The predicted octanol–water partition coefficient (Wildman–Crippen LogP) is 3.04. The van der Waals surface area contributed by atoms with Gasteiger partial charge in [0.25, 0.3) is 11.5 Å². The van der Waals surface area contributed by atoms with Crippen molar-refractivity contribution in [1.82, 2.24) is 9.78 Å². The fourth-order valence-corrected chi connectivity index (χ4v) is 3.11. The summed E-state index contributed by atoms with van der Waals surface area (Å²) in [6.07, 6.45) is 2.18. The first kappa shape index (κ1) is 18.9. The quantitative estimate of drug-likeness (QED) is 0.698. The van der Waals surface area contributed by atoms with Crippen molar-refractivity contribution in [2.45, 2.75) is 18.9 Å². The largest absolute Gasteiger partial charge is 0.491 e. The summed E-state index contributed by atoms with van der Waals surface area (Å²) >= 11 is 0. The third kappa shape index (κ3) is 4.70. The normalized spacial score (nSPS) is 15.8. The minimum Gasteiger partial charge on any atom is -0.491 e. The van der Waals surface area contributed by atoms with E-state index in [1.807, 2.05) is 12.1 Å². The van der Waals surface area contributed by atoms with Crippen molar-refractivity contribution in [1.29, 1.82) is 0 Å². The van der Waals surface area contributed by atoms with E-state index in [0.29, 0.717) is 23.7 Å². The number of benzene rings is 2. The zero-order chi connectivity index (χ0) is 20.1. The summed E-state index contributed by atoms with van der Waals surface area (Å²) < 4.78 is 12.5. The summed E-state index contributed by atoms with van der Waals surface area (Å²) in [5.74, 6) is 0.242. The van der Waals surface area contributed by atoms with Crippen LogP contribution in [0.5, 0.6) is 5.75 Å². The second-order valence-electron chi connectivity index (χ2n) is 6.73. The van der Waals surface area contributed by atoms with Gasteiger partial charge in [0, 0.05) is 24.4 Å². The molecule has 0 aliphatic carbocycles. The second kappa shape index (κ2) is 8.70. The summed E-state index contributed by atoms with van der Waals surface area (Å²) in [5.41, 5.74) is 1.01. The van der Waals surface area contributed by atoms with E-state index in [9.17, 15) is 9.59 Å². The van der Waals surface area contributed by atoms with Crippen molar-refractivity contribution >= 4 is 11.6 Å². The lowest BCUT2D eigenvalue weighted by atomic mass is 10.2. The first-order chi connectivity index (χ1) is 14.2. The highest BCUT2D eigenvalue weighted by Gasteiger charge is 2.16. The molecule has 2 heterocycles. The van der Waals surface area contributed by atoms with Crippen molar-refractivity contribution in [2.24, 2.45) is 0 Å². The molecule has 1 fully saturated rings. The van der Waals surface area contributed by atoms with E-state index in [4.69, 9.17) is 9.47 Å². The van der Waals surface area contributed by atoms with Crippen molar-refractivity contribution in [3.8, 4) is 11.4 Å². The van der Waals surface area contributed by atoms with Crippen LogP contribution in [0.2, 0.25) is 0 Å². The summed E-state index contributed by atoms with van der Waals surface area (Å²) in [5, 5.41) is 6.99. The van der Waals surface area contributed by atoms with Gasteiger partial charge in [0.1, 0.15) is 18.1 Å². The Morgan fingerprint density at radius 1 is 1.14 bits per heavy atom. The van der Waals surface area contributed by atoms with Gasteiger partial charge in [-0.15, -0.1) is 0 Å². The number of anilines is 1. The van der Waals surface area contributed by atoms with Gasteiger partial charge in [-0.25, -0.2) is 0 Å². The molecule has 4 rings (SSSR count). The number of hydrogen-bond acceptors (Lipinski definition) is 5. The molecule has 29 heavy (non-hydrogen) atoms. The van der Waals surface area contributed by atoms with E-state index in [0.717, 1.165) is 19.4 Å². The molecular formula is C22H21N3O4. The maximum atomic E-state index is 12.6. The lowest BCUT2D eigenvalue weighted by molar-refractivity contribution is 0.0680. The fraction of sp³-hybridized carbons (Fsp3) is 0.227. The maximum absolute atomic E-state index is 12.6. The standard InChI is InChI=1S/C22H21N3O4/c26-21-12-11-20(24-25(21)17-7-2-1-3-8-17)22(27)23-16-6-4-9-18(14-16)29-15-19-10-5-13-28-19/h1-4,6-9,11-12,14,19H,5,10,13,15H2,(H,23,27)/t19-/m0/s1. The highest BCUT2D eigenvalue weighted by molar-refractivity contribution is 6.02. The monoisotopic (exact) mass is 391 g/mol. The number of carbonyl (C=O) groups is 1. The second-order valence-corrected chi connectivity index (χ2v) is 6.73. The molecule has 0 bridgehead atoms. The molecule has 0 spiro atoms. The van der Waals surface area contributed by atoms with Crippen LogP contribution < -0.4 is 15.6 Å². The van der Waals surface area contributed by atoms with Crippen LogP contribution in [0.1, 0.15) is 23.3 Å². The molecule has 1 aromatic heterocycles. The van der Waals surface area contributed by atoms with Gasteiger partial charge < -0.3 is 14.8 Å². The van der Waals surface area contributed by atoms with Crippen LogP contribution in [0.25, 0.3) is 5.69 Å². The van der Waals surface area contributed by atoms with Gasteiger partial charge in [-0.3, -0.25) is 9.59 Å². The average Bonchev–Trinajstić information content (AvgIpc) is 3.27. The summed E-state index contributed by atoms with van der Waals surface area (Å²) in [7, 11) is 0. The van der Waals surface area contributed by atoms with Gasteiger partial charge >= 0.3 is 0 Å². The molecule has 1 saturated heterocycles.